The monoisotopic (exact) mass is 266 g/mol. The van der Waals surface area contributed by atoms with Crippen LogP contribution >= 0.6 is 11.6 Å². The van der Waals surface area contributed by atoms with Gasteiger partial charge < -0.3 is 0 Å². The number of Topliss-reactive ketones (excluding diaryl/α,β-unsaturated/α-hetero) is 1. The maximum absolute atomic E-state index is 13.0. The molecule has 3 heteroatoms. The molecule has 0 saturated carbocycles. The van der Waals surface area contributed by atoms with Crippen molar-refractivity contribution >= 4 is 17.4 Å². The van der Waals surface area contributed by atoms with Crippen LogP contribution in [0.1, 0.15) is 37.7 Å². The van der Waals surface area contributed by atoms with E-state index in [0.29, 0.717) is 6.42 Å². The zero-order chi connectivity index (χ0) is 13.0. The average molecular weight is 267 g/mol. The third-order valence-corrected chi connectivity index (χ3v) is 3.54. The molecular formula is C15H16ClFO. The van der Waals surface area contributed by atoms with Crippen molar-refractivity contribution < 1.29 is 9.18 Å². The van der Waals surface area contributed by atoms with Gasteiger partial charge in [0, 0.05) is 6.42 Å². The summed E-state index contributed by atoms with van der Waals surface area (Å²) < 4.78 is 13.0. The predicted octanol–water partition coefficient (Wildman–Crippen LogP) is 4.48. The second kappa shape index (κ2) is 6.14. The molecule has 0 fully saturated rings. The zero-order valence-corrected chi connectivity index (χ0v) is 11.0. The molecule has 1 aromatic carbocycles. The van der Waals surface area contributed by atoms with Gasteiger partial charge in [0.05, 0.1) is 5.02 Å². The van der Waals surface area contributed by atoms with Crippen LogP contribution in [0.25, 0.3) is 0 Å². The summed E-state index contributed by atoms with van der Waals surface area (Å²) in [5, 5.41) is 0.0788. The van der Waals surface area contributed by atoms with E-state index in [4.69, 9.17) is 11.6 Å². The fourth-order valence-electron chi connectivity index (χ4n) is 2.22. The molecule has 0 spiro atoms. The van der Waals surface area contributed by atoms with Gasteiger partial charge in [-0.2, -0.15) is 0 Å². The Morgan fingerprint density at radius 3 is 2.89 bits per heavy atom. The van der Waals surface area contributed by atoms with Crippen LogP contribution in [0.4, 0.5) is 4.39 Å². The number of halogens is 2. The summed E-state index contributed by atoms with van der Waals surface area (Å²) in [5.41, 5.74) is 1.70. The molecular weight excluding hydrogens is 251 g/mol. The third kappa shape index (κ3) is 3.42. The molecule has 0 aromatic heterocycles. The molecule has 0 saturated heterocycles. The van der Waals surface area contributed by atoms with Crippen LogP contribution in [0.2, 0.25) is 5.02 Å². The fraction of sp³-hybridized carbons (Fsp3) is 0.400. The van der Waals surface area contributed by atoms with Crippen LogP contribution < -0.4 is 0 Å². The lowest BCUT2D eigenvalue weighted by atomic mass is 10.00. The molecule has 1 aliphatic rings. The summed E-state index contributed by atoms with van der Waals surface area (Å²) in [7, 11) is 0. The third-order valence-electron chi connectivity index (χ3n) is 3.25. The Balaban J connectivity index is 2.06. The molecule has 2 rings (SSSR count). The van der Waals surface area contributed by atoms with E-state index in [1.165, 1.54) is 25.0 Å². The number of carbonyl (C=O) groups is 1. The number of benzene rings is 1. The topological polar surface area (TPSA) is 17.1 Å². The summed E-state index contributed by atoms with van der Waals surface area (Å²) in [6, 6.07) is 4.47. The molecule has 1 aromatic rings. The van der Waals surface area contributed by atoms with Crippen LogP contribution in [0.5, 0.6) is 0 Å². The van der Waals surface area contributed by atoms with Gasteiger partial charge >= 0.3 is 0 Å². The van der Waals surface area contributed by atoms with Crippen molar-refractivity contribution in [3.8, 4) is 0 Å². The first-order valence-electron chi connectivity index (χ1n) is 6.33. The van der Waals surface area contributed by atoms with Crippen molar-refractivity contribution in [3.05, 3.63) is 46.3 Å². The van der Waals surface area contributed by atoms with Gasteiger partial charge in [-0.15, -0.1) is 0 Å². The second-order valence-electron chi connectivity index (χ2n) is 4.68. The summed E-state index contributed by atoms with van der Waals surface area (Å²) >= 11 is 5.71. The lowest BCUT2D eigenvalue weighted by molar-refractivity contribution is -0.115. The highest BCUT2D eigenvalue weighted by atomic mass is 35.5. The highest BCUT2D eigenvalue weighted by molar-refractivity contribution is 6.30. The predicted molar refractivity (Wildman–Crippen MR) is 71.3 cm³/mol. The van der Waals surface area contributed by atoms with Crippen molar-refractivity contribution in [2.45, 2.75) is 38.5 Å². The Kier molecular flexibility index (Phi) is 4.54. The van der Waals surface area contributed by atoms with Crippen molar-refractivity contribution in [1.29, 1.82) is 0 Å². The highest BCUT2D eigenvalue weighted by Crippen LogP contribution is 2.21. The smallest absolute Gasteiger partial charge is 0.162 e. The van der Waals surface area contributed by atoms with Crippen molar-refractivity contribution in [3.63, 3.8) is 0 Å². The van der Waals surface area contributed by atoms with Crippen molar-refractivity contribution in [1.82, 2.24) is 0 Å². The Morgan fingerprint density at radius 1 is 1.28 bits per heavy atom. The normalized spacial score (nSPS) is 16.0. The van der Waals surface area contributed by atoms with Gasteiger partial charge in [0.25, 0.3) is 0 Å². The number of hydrogen-bond donors (Lipinski definition) is 0. The largest absolute Gasteiger partial charge is 0.294 e. The van der Waals surface area contributed by atoms with Gasteiger partial charge in [-0.1, -0.05) is 30.2 Å². The maximum atomic E-state index is 13.0. The molecule has 0 heterocycles. The number of hydrogen-bond acceptors (Lipinski definition) is 1. The molecule has 1 nitrogen and oxygen atoms in total. The molecule has 0 unspecified atom stereocenters. The van der Waals surface area contributed by atoms with Crippen LogP contribution in [0.3, 0.4) is 0 Å². The zero-order valence-electron chi connectivity index (χ0n) is 10.2. The quantitative estimate of drug-likeness (QED) is 0.788. The SMILES string of the molecule is O=C(Cc1ccc(F)c(Cl)c1)C1=CCCCCC1. The number of allylic oxidation sites excluding steroid dienone is 2. The van der Waals surface area contributed by atoms with Crippen molar-refractivity contribution in [2.75, 3.05) is 0 Å². The Labute approximate surface area is 112 Å². The summed E-state index contributed by atoms with van der Waals surface area (Å²) in [6.45, 7) is 0. The Bertz CT molecular complexity index is 479. The molecule has 0 atom stereocenters. The van der Waals surface area contributed by atoms with E-state index in [2.05, 4.69) is 6.08 Å². The molecule has 0 aliphatic heterocycles. The minimum atomic E-state index is -0.443. The van der Waals surface area contributed by atoms with Gasteiger partial charge in [0.1, 0.15) is 5.82 Å². The summed E-state index contributed by atoms with van der Waals surface area (Å²) in [5.74, 6) is -0.305. The highest BCUT2D eigenvalue weighted by Gasteiger charge is 2.13. The van der Waals surface area contributed by atoms with Gasteiger partial charge in [0.2, 0.25) is 0 Å². The van der Waals surface area contributed by atoms with E-state index in [9.17, 15) is 9.18 Å². The average Bonchev–Trinajstić information content (AvgIpc) is 2.62. The first-order valence-corrected chi connectivity index (χ1v) is 6.71. The molecule has 18 heavy (non-hydrogen) atoms. The van der Waals surface area contributed by atoms with E-state index in [0.717, 1.165) is 30.4 Å². The molecule has 0 bridgehead atoms. The van der Waals surface area contributed by atoms with E-state index >= 15 is 0 Å². The molecule has 0 radical (unpaired) electrons. The van der Waals surface area contributed by atoms with Gasteiger partial charge in [0.15, 0.2) is 5.78 Å². The van der Waals surface area contributed by atoms with E-state index in [1.807, 2.05) is 0 Å². The van der Waals surface area contributed by atoms with Crippen LogP contribution in [0.15, 0.2) is 29.8 Å². The van der Waals surface area contributed by atoms with E-state index < -0.39 is 5.82 Å². The first-order chi connectivity index (χ1) is 8.66. The standard InChI is InChI=1S/C15H16ClFO/c16-13-9-11(7-8-14(13)17)10-15(18)12-5-3-1-2-4-6-12/h5,7-9H,1-4,6,10H2. The number of carbonyl (C=O) groups excluding carboxylic acids is 1. The lowest BCUT2D eigenvalue weighted by Gasteiger charge is -2.05. The maximum Gasteiger partial charge on any atom is 0.162 e. The first kappa shape index (κ1) is 13.3. The van der Waals surface area contributed by atoms with Gasteiger partial charge in [-0.25, -0.2) is 4.39 Å². The van der Waals surface area contributed by atoms with Gasteiger partial charge in [-0.3, -0.25) is 4.79 Å². The summed E-state index contributed by atoms with van der Waals surface area (Å²) in [6.07, 6.45) is 7.67. The molecule has 96 valence electrons. The van der Waals surface area contributed by atoms with Gasteiger partial charge in [-0.05, 0) is 49.0 Å². The summed E-state index contributed by atoms with van der Waals surface area (Å²) in [4.78, 5) is 12.1. The Morgan fingerprint density at radius 2 is 2.11 bits per heavy atom. The van der Waals surface area contributed by atoms with Crippen LogP contribution in [-0.4, -0.2) is 5.78 Å². The minimum Gasteiger partial charge on any atom is -0.294 e. The number of ketones is 1. The molecule has 0 N–H and O–H groups in total. The Hall–Kier alpha value is -1.15. The fourth-order valence-corrected chi connectivity index (χ4v) is 2.42. The molecule has 0 amide bonds. The van der Waals surface area contributed by atoms with Crippen LogP contribution in [0, 0.1) is 5.82 Å². The minimum absolute atomic E-state index is 0.0788. The van der Waals surface area contributed by atoms with Crippen molar-refractivity contribution in [2.24, 2.45) is 0 Å². The van der Waals surface area contributed by atoms with Crippen LogP contribution in [-0.2, 0) is 11.2 Å². The molecule has 1 aliphatic carbocycles. The van der Waals surface area contributed by atoms with E-state index in [-0.39, 0.29) is 10.8 Å². The second-order valence-corrected chi connectivity index (χ2v) is 5.08. The number of rotatable bonds is 3. The lowest BCUT2D eigenvalue weighted by Crippen LogP contribution is -2.06. The van der Waals surface area contributed by atoms with E-state index in [1.54, 1.807) is 6.07 Å².